The van der Waals surface area contributed by atoms with Gasteiger partial charge in [-0.05, 0) is 42.0 Å². The van der Waals surface area contributed by atoms with E-state index in [1.165, 1.54) is 6.07 Å². The maximum Gasteiger partial charge on any atom is 0.160 e. The summed E-state index contributed by atoms with van der Waals surface area (Å²) in [5.74, 6) is -0.361. The minimum Gasteiger partial charge on any atom is -0.397 e. The number of pyridine rings is 2. The predicted octanol–water partition coefficient (Wildman–Crippen LogP) is 4.56. The fourth-order valence-corrected chi connectivity index (χ4v) is 2.98. The van der Waals surface area contributed by atoms with Crippen molar-refractivity contribution in [3.05, 3.63) is 78.2 Å². The molecule has 2 aromatic carbocycles. The Morgan fingerprint density at radius 3 is 2.54 bits per heavy atom. The summed E-state index contributed by atoms with van der Waals surface area (Å²) in [6.45, 7) is 0. The molecule has 0 saturated heterocycles. The van der Waals surface area contributed by atoms with Crippen molar-refractivity contribution in [1.82, 2.24) is 9.97 Å². The Labute approximate surface area is 149 Å². The molecule has 4 rings (SSSR count). The molecule has 5 heteroatoms. The molecule has 2 heterocycles. The second kappa shape index (κ2) is 6.26. The maximum absolute atomic E-state index is 14.3. The largest absolute Gasteiger partial charge is 0.397 e. The Hall–Kier alpha value is -3.78. The SMILES string of the molecule is N#Cc1cccc(-c2cc(-c3ccccc3F)nc3ncccc23)c1N. The normalized spacial score (nSPS) is 10.6. The van der Waals surface area contributed by atoms with Gasteiger partial charge in [-0.3, -0.25) is 0 Å². The molecule has 0 spiro atoms. The Morgan fingerprint density at radius 2 is 1.73 bits per heavy atom. The van der Waals surface area contributed by atoms with E-state index in [0.29, 0.717) is 33.7 Å². The number of nitriles is 1. The van der Waals surface area contributed by atoms with Crippen LogP contribution in [0, 0.1) is 17.1 Å². The van der Waals surface area contributed by atoms with Gasteiger partial charge in [0.1, 0.15) is 11.9 Å². The van der Waals surface area contributed by atoms with Crippen LogP contribution in [-0.2, 0) is 0 Å². The number of nitrogens with zero attached hydrogens (tertiary/aromatic N) is 3. The zero-order valence-corrected chi connectivity index (χ0v) is 13.6. The van der Waals surface area contributed by atoms with Crippen LogP contribution in [-0.4, -0.2) is 9.97 Å². The van der Waals surface area contributed by atoms with Crippen molar-refractivity contribution in [3.63, 3.8) is 0 Å². The van der Waals surface area contributed by atoms with E-state index in [0.717, 1.165) is 10.9 Å². The molecule has 0 aliphatic heterocycles. The molecular formula is C21H13FN4. The lowest BCUT2D eigenvalue weighted by Gasteiger charge is -2.12. The number of benzene rings is 2. The number of anilines is 1. The summed E-state index contributed by atoms with van der Waals surface area (Å²) in [5.41, 5.74) is 9.77. The van der Waals surface area contributed by atoms with Crippen molar-refractivity contribution < 1.29 is 4.39 Å². The highest BCUT2D eigenvalue weighted by molar-refractivity contribution is 5.98. The first kappa shape index (κ1) is 15.7. The third kappa shape index (κ3) is 2.54. The Balaban J connectivity index is 2.07. The van der Waals surface area contributed by atoms with E-state index < -0.39 is 0 Å². The van der Waals surface area contributed by atoms with Crippen LogP contribution in [0.25, 0.3) is 33.4 Å². The summed E-state index contributed by atoms with van der Waals surface area (Å²) >= 11 is 0. The number of hydrogen-bond acceptors (Lipinski definition) is 4. The minimum atomic E-state index is -0.361. The monoisotopic (exact) mass is 340 g/mol. The molecule has 0 bridgehead atoms. The molecule has 26 heavy (non-hydrogen) atoms. The molecule has 0 aliphatic carbocycles. The molecule has 4 aromatic rings. The first-order valence-electron chi connectivity index (χ1n) is 7.98. The van der Waals surface area contributed by atoms with E-state index in [-0.39, 0.29) is 5.82 Å². The zero-order chi connectivity index (χ0) is 18.1. The molecule has 124 valence electrons. The van der Waals surface area contributed by atoms with Crippen molar-refractivity contribution in [3.8, 4) is 28.5 Å². The number of halogens is 1. The van der Waals surface area contributed by atoms with Gasteiger partial charge >= 0.3 is 0 Å². The van der Waals surface area contributed by atoms with Gasteiger partial charge in [0.05, 0.1) is 16.9 Å². The van der Waals surface area contributed by atoms with Gasteiger partial charge in [0.25, 0.3) is 0 Å². The summed E-state index contributed by atoms with van der Waals surface area (Å²) in [4.78, 5) is 8.82. The minimum absolute atomic E-state index is 0.361. The summed E-state index contributed by atoms with van der Waals surface area (Å²) < 4.78 is 14.3. The standard InChI is InChI=1S/C21H13FN4/c22-18-9-2-1-6-16(18)19-11-17(15-8-4-10-25-21(15)26-19)14-7-3-5-13(12-23)20(14)24/h1-11H,24H2. The molecule has 0 amide bonds. The predicted molar refractivity (Wildman–Crippen MR) is 99.5 cm³/mol. The van der Waals surface area contributed by atoms with Crippen molar-refractivity contribution in [2.24, 2.45) is 0 Å². The zero-order valence-electron chi connectivity index (χ0n) is 13.6. The van der Waals surface area contributed by atoms with Crippen LogP contribution in [0.5, 0.6) is 0 Å². The molecule has 2 aromatic heterocycles. The van der Waals surface area contributed by atoms with E-state index in [9.17, 15) is 9.65 Å². The van der Waals surface area contributed by atoms with Gasteiger partial charge in [-0.25, -0.2) is 14.4 Å². The van der Waals surface area contributed by atoms with E-state index in [1.807, 2.05) is 12.1 Å². The first-order chi connectivity index (χ1) is 12.7. The summed E-state index contributed by atoms with van der Waals surface area (Å²) in [6, 6.07) is 19.3. The highest BCUT2D eigenvalue weighted by atomic mass is 19.1. The van der Waals surface area contributed by atoms with Crippen LogP contribution in [0.15, 0.2) is 66.9 Å². The van der Waals surface area contributed by atoms with Gasteiger partial charge in [-0.2, -0.15) is 5.26 Å². The lowest BCUT2D eigenvalue weighted by Crippen LogP contribution is -1.97. The molecular weight excluding hydrogens is 327 g/mol. The van der Waals surface area contributed by atoms with Gasteiger partial charge in [-0.15, -0.1) is 0 Å². The third-order valence-corrected chi connectivity index (χ3v) is 4.25. The Bertz CT molecular complexity index is 1180. The molecule has 0 fully saturated rings. The van der Waals surface area contributed by atoms with Crippen LogP contribution in [0.4, 0.5) is 10.1 Å². The quantitative estimate of drug-likeness (QED) is 0.543. The number of fused-ring (bicyclic) bond motifs is 1. The lowest BCUT2D eigenvalue weighted by atomic mass is 9.96. The maximum atomic E-state index is 14.3. The number of nitrogens with two attached hydrogens (primary N) is 1. The Kier molecular flexibility index (Phi) is 3.79. The first-order valence-corrected chi connectivity index (χ1v) is 7.98. The van der Waals surface area contributed by atoms with Crippen LogP contribution in [0.3, 0.4) is 0 Å². The highest BCUT2D eigenvalue weighted by Gasteiger charge is 2.15. The number of para-hydroxylation sites is 1. The van der Waals surface area contributed by atoms with Gasteiger partial charge < -0.3 is 5.73 Å². The van der Waals surface area contributed by atoms with Gasteiger partial charge in [-0.1, -0.05) is 24.3 Å². The van der Waals surface area contributed by atoms with Crippen molar-refractivity contribution in [2.45, 2.75) is 0 Å². The van der Waals surface area contributed by atoms with E-state index in [4.69, 9.17) is 5.73 Å². The van der Waals surface area contributed by atoms with E-state index in [2.05, 4.69) is 16.0 Å². The van der Waals surface area contributed by atoms with Crippen molar-refractivity contribution >= 4 is 16.7 Å². The second-order valence-corrected chi connectivity index (χ2v) is 5.79. The van der Waals surface area contributed by atoms with Gasteiger partial charge in [0.15, 0.2) is 5.65 Å². The van der Waals surface area contributed by atoms with Crippen molar-refractivity contribution in [2.75, 3.05) is 5.73 Å². The number of hydrogen-bond donors (Lipinski definition) is 1. The highest BCUT2D eigenvalue weighted by Crippen LogP contribution is 2.35. The number of aromatic nitrogens is 2. The molecule has 0 aliphatic rings. The van der Waals surface area contributed by atoms with Crippen molar-refractivity contribution in [1.29, 1.82) is 5.26 Å². The molecule has 0 saturated carbocycles. The fraction of sp³-hybridized carbons (Fsp3) is 0. The average Bonchev–Trinajstić information content (AvgIpc) is 2.68. The van der Waals surface area contributed by atoms with Crippen LogP contribution < -0.4 is 5.73 Å². The van der Waals surface area contributed by atoms with E-state index in [1.54, 1.807) is 48.7 Å². The molecule has 4 nitrogen and oxygen atoms in total. The summed E-state index contributed by atoms with van der Waals surface area (Å²) in [7, 11) is 0. The summed E-state index contributed by atoms with van der Waals surface area (Å²) in [6.07, 6.45) is 1.64. The number of nitrogen functional groups attached to an aromatic ring is 1. The lowest BCUT2D eigenvalue weighted by molar-refractivity contribution is 0.631. The Morgan fingerprint density at radius 1 is 0.923 bits per heavy atom. The summed E-state index contributed by atoms with van der Waals surface area (Å²) in [5, 5.41) is 10.1. The van der Waals surface area contributed by atoms with Crippen LogP contribution in [0.2, 0.25) is 0 Å². The molecule has 0 radical (unpaired) electrons. The van der Waals surface area contributed by atoms with Gasteiger partial charge in [0.2, 0.25) is 0 Å². The molecule has 0 unspecified atom stereocenters. The number of rotatable bonds is 2. The smallest absolute Gasteiger partial charge is 0.160 e. The van der Waals surface area contributed by atoms with E-state index >= 15 is 0 Å². The molecule has 2 N–H and O–H groups in total. The molecule has 0 atom stereocenters. The third-order valence-electron chi connectivity index (χ3n) is 4.25. The van der Waals surface area contributed by atoms with Crippen LogP contribution in [0.1, 0.15) is 5.56 Å². The van der Waals surface area contributed by atoms with Crippen LogP contribution >= 0.6 is 0 Å². The average molecular weight is 340 g/mol. The topological polar surface area (TPSA) is 75.6 Å². The second-order valence-electron chi connectivity index (χ2n) is 5.79. The van der Waals surface area contributed by atoms with Gasteiger partial charge in [0, 0.05) is 22.7 Å². The fourth-order valence-electron chi connectivity index (χ4n) is 2.98.